The van der Waals surface area contributed by atoms with Crippen molar-refractivity contribution in [1.29, 1.82) is 0 Å². The molecular formula is C11H15NO3. The van der Waals surface area contributed by atoms with Crippen molar-refractivity contribution in [3.05, 3.63) is 35.9 Å². The quantitative estimate of drug-likeness (QED) is 0.793. The molecule has 4 heteroatoms. The molecule has 0 radical (unpaired) electrons. The molecule has 82 valence electrons. The van der Waals surface area contributed by atoms with Gasteiger partial charge in [-0.1, -0.05) is 30.3 Å². The molecule has 1 aromatic rings. The molecule has 0 unspecified atom stereocenters. The number of rotatable bonds is 4. The van der Waals surface area contributed by atoms with Crippen LogP contribution in [0.25, 0.3) is 0 Å². The molecule has 1 aromatic carbocycles. The Kier molecular flexibility index (Phi) is 4.12. The first-order valence-electron chi connectivity index (χ1n) is 4.78. The lowest BCUT2D eigenvalue weighted by atomic mass is 10.1. The summed E-state index contributed by atoms with van der Waals surface area (Å²) < 4.78 is 0. The van der Waals surface area contributed by atoms with E-state index in [0.717, 1.165) is 10.5 Å². The van der Waals surface area contributed by atoms with Crippen LogP contribution in [0.1, 0.15) is 18.1 Å². The number of aliphatic hydroxyl groups excluding tert-OH is 1. The number of amides is 1. The topological polar surface area (TPSA) is 60.8 Å². The molecule has 0 spiro atoms. The van der Waals surface area contributed by atoms with Crippen LogP contribution in [0, 0.1) is 0 Å². The Bertz CT molecular complexity index is 313. The summed E-state index contributed by atoms with van der Waals surface area (Å²) in [7, 11) is 1.49. The summed E-state index contributed by atoms with van der Waals surface area (Å²) in [5.74, 6) is 0. The number of nitrogens with zero attached hydrogens (tertiary/aromatic N) is 1. The Balaban J connectivity index is 2.43. The van der Waals surface area contributed by atoms with E-state index in [4.69, 9.17) is 5.11 Å². The molecular weight excluding hydrogens is 194 g/mol. The zero-order valence-electron chi connectivity index (χ0n) is 8.63. The molecule has 1 rings (SSSR count). The Hall–Kier alpha value is -1.55. The van der Waals surface area contributed by atoms with Gasteiger partial charge in [-0.2, -0.15) is 0 Å². The minimum Gasteiger partial charge on any atom is -0.465 e. The first-order valence-corrected chi connectivity index (χ1v) is 4.78. The summed E-state index contributed by atoms with van der Waals surface area (Å²) in [4.78, 5) is 11.7. The minimum absolute atomic E-state index is 0.325. The van der Waals surface area contributed by atoms with E-state index in [0.29, 0.717) is 13.0 Å². The monoisotopic (exact) mass is 209 g/mol. The van der Waals surface area contributed by atoms with Gasteiger partial charge in [0, 0.05) is 13.6 Å². The lowest BCUT2D eigenvalue weighted by Gasteiger charge is -2.16. The summed E-state index contributed by atoms with van der Waals surface area (Å²) >= 11 is 0. The SMILES string of the molecule is CN(CC[C@@H](O)c1ccccc1)C(=O)O. The first-order chi connectivity index (χ1) is 7.11. The van der Waals surface area contributed by atoms with Crippen LogP contribution in [0.3, 0.4) is 0 Å². The van der Waals surface area contributed by atoms with Gasteiger partial charge in [-0.15, -0.1) is 0 Å². The van der Waals surface area contributed by atoms with Crippen LogP contribution >= 0.6 is 0 Å². The van der Waals surface area contributed by atoms with E-state index in [9.17, 15) is 9.90 Å². The van der Waals surface area contributed by atoms with Crippen LogP contribution in [-0.2, 0) is 0 Å². The molecule has 0 aliphatic heterocycles. The molecule has 4 nitrogen and oxygen atoms in total. The second-order valence-corrected chi connectivity index (χ2v) is 3.42. The van der Waals surface area contributed by atoms with Crippen LogP contribution < -0.4 is 0 Å². The van der Waals surface area contributed by atoms with E-state index < -0.39 is 12.2 Å². The molecule has 0 heterocycles. The summed E-state index contributed by atoms with van der Waals surface area (Å²) in [6, 6.07) is 9.22. The fourth-order valence-electron chi connectivity index (χ4n) is 1.25. The molecule has 2 N–H and O–H groups in total. The molecule has 0 aliphatic rings. The average molecular weight is 209 g/mol. The second-order valence-electron chi connectivity index (χ2n) is 3.42. The van der Waals surface area contributed by atoms with E-state index in [1.54, 1.807) is 0 Å². The van der Waals surface area contributed by atoms with Crippen molar-refractivity contribution in [2.75, 3.05) is 13.6 Å². The van der Waals surface area contributed by atoms with E-state index >= 15 is 0 Å². The highest BCUT2D eigenvalue weighted by atomic mass is 16.4. The third-order valence-electron chi connectivity index (χ3n) is 2.25. The molecule has 1 amide bonds. The maximum atomic E-state index is 10.5. The average Bonchev–Trinajstić information content (AvgIpc) is 2.26. The van der Waals surface area contributed by atoms with Gasteiger partial charge in [-0.25, -0.2) is 4.79 Å². The van der Waals surface area contributed by atoms with E-state index in [1.807, 2.05) is 30.3 Å². The highest BCUT2D eigenvalue weighted by Gasteiger charge is 2.10. The molecule has 0 saturated heterocycles. The fourth-order valence-corrected chi connectivity index (χ4v) is 1.25. The van der Waals surface area contributed by atoms with Crippen molar-refractivity contribution in [2.45, 2.75) is 12.5 Å². The highest BCUT2D eigenvalue weighted by Crippen LogP contribution is 2.15. The standard InChI is InChI=1S/C11H15NO3/c1-12(11(14)15)8-7-10(13)9-5-3-2-4-6-9/h2-6,10,13H,7-8H2,1H3,(H,14,15)/t10-/m1/s1. The van der Waals surface area contributed by atoms with Crippen molar-refractivity contribution in [3.63, 3.8) is 0 Å². The van der Waals surface area contributed by atoms with E-state index in [2.05, 4.69) is 0 Å². The Labute approximate surface area is 88.8 Å². The molecule has 1 atom stereocenters. The molecule has 0 saturated carbocycles. The van der Waals surface area contributed by atoms with Gasteiger partial charge in [-0.05, 0) is 12.0 Å². The smallest absolute Gasteiger partial charge is 0.407 e. The van der Waals surface area contributed by atoms with Crippen molar-refractivity contribution in [2.24, 2.45) is 0 Å². The summed E-state index contributed by atoms with van der Waals surface area (Å²) in [5.41, 5.74) is 0.816. The Morgan fingerprint density at radius 1 is 1.40 bits per heavy atom. The van der Waals surface area contributed by atoms with Crippen LogP contribution in [0.15, 0.2) is 30.3 Å². The maximum absolute atomic E-state index is 10.5. The number of carbonyl (C=O) groups is 1. The summed E-state index contributed by atoms with van der Waals surface area (Å²) in [6.07, 6.45) is -1.17. The lowest BCUT2D eigenvalue weighted by molar-refractivity contribution is 0.131. The molecule has 0 fully saturated rings. The van der Waals surface area contributed by atoms with E-state index in [1.165, 1.54) is 7.05 Å². The van der Waals surface area contributed by atoms with Gasteiger partial charge in [0.05, 0.1) is 6.10 Å². The number of hydrogen-bond donors (Lipinski definition) is 2. The number of aliphatic hydroxyl groups is 1. The van der Waals surface area contributed by atoms with Crippen LogP contribution in [-0.4, -0.2) is 34.8 Å². The minimum atomic E-state index is -0.977. The third-order valence-corrected chi connectivity index (χ3v) is 2.25. The van der Waals surface area contributed by atoms with Crippen molar-refractivity contribution >= 4 is 6.09 Å². The van der Waals surface area contributed by atoms with Crippen molar-refractivity contribution < 1.29 is 15.0 Å². The predicted molar refractivity (Wildman–Crippen MR) is 56.7 cm³/mol. The zero-order valence-corrected chi connectivity index (χ0v) is 8.63. The zero-order chi connectivity index (χ0) is 11.3. The van der Waals surface area contributed by atoms with E-state index in [-0.39, 0.29) is 0 Å². The number of hydrogen-bond acceptors (Lipinski definition) is 2. The largest absolute Gasteiger partial charge is 0.465 e. The van der Waals surface area contributed by atoms with Crippen LogP contribution in [0.2, 0.25) is 0 Å². The fraction of sp³-hybridized carbons (Fsp3) is 0.364. The van der Waals surface area contributed by atoms with Gasteiger partial charge in [0.2, 0.25) is 0 Å². The number of carboxylic acid groups (broad SMARTS) is 1. The third kappa shape index (κ3) is 3.59. The summed E-state index contributed by atoms with van der Waals surface area (Å²) in [5, 5.41) is 18.3. The molecule has 0 aromatic heterocycles. The van der Waals surface area contributed by atoms with Crippen molar-refractivity contribution in [3.8, 4) is 0 Å². The predicted octanol–water partition coefficient (Wildman–Crippen LogP) is 1.72. The lowest BCUT2D eigenvalue weighted by Crippen LogP contribution is -2.26. The number of benzene rings is 1. The normalized spacial score (nSPS) is 12.1. The van der Waals surface area contributed by atoms with Gasteiger partial charge in [0.15, 0.2) is 0 Å². The van der Waals surface area contributed by atoms with Gasteiger partial charge >= 0.3 is 6.09 Å². The maximum Gasteiger partial charge on any atom is 0.407 e. The van der Waals surface area contributed by atoms with Crippen LogP contribution in [0.4, 0.5) is 4.79 Å². The molecule has 15 heavy (non-hydrogen) atoms. The van der Waals surface area contributed by atoms with Crippen molar-refractivity contribution in [1.82, 2.24) is 4.90 Å². The second kappa shape index (κ2) is 5.36. The Morgan fingerprint density at radius 3 is 2.53 bits per heavy atom. The van der Waals surface area contributed by atoms with Gasteiger partial charge in [0.25, 0.3) is 0 Å². The van der Waals surface area contributed by atoms with Gasteiger partial charge in [-0.3, -0.25) is 0 Å². The highest BCUT2D eigenvalue weighted by molar-refractivity contribution is 5.64. The van der Waals surface area contributed by atoms with Crippen LogP contribution in [0.5, 0.6) is 0 Å². The Morgan fingerprint density at radius 2 is 2.00 bits per heavy atom. The molecule has 0 bridgehead atoms. The molecule has 0 aliphatic carbocycles. The van der Waals surface area contributed by atoms with Gasteiger partial charge in [0.1, 0.15) is 0 Å². The first kappa shape index (κ1) is 11.5. The summed E-state index contributed by atoms with van der Waals surface area (Å²) in [6.45, 7) is 0.325. The van der Waals surface area contributed by atoms with Gasteiger partial charge < -0.3 is 15.1 Å².